The number of hydrogen-bond acceptors (Lipinski definition) is 3. The fourth-order valence-corrected chi connectivity index (χ4v) is 3.39. The molecular weight excluding hydrogens is 270 g/mol. The van der Waals surface area contributed by atoms with Crippen molar-refractivity contribution in [1.82, 2.24) is 4.98 Å². The molecule has 3 nitrogen and oxygen atoms in total. The average Bonchev–Trinajstić information content (AvgIpc) is 3.34. The van der Waals surface area contributed by atoms with E-state index in [1.165, 1.54) is 48.1 Å². The largest absolute Gasteiger partial charge is 0.476 e. The zero-order chi connectivity index (χ0) is 13.7. The van der Waals surface area contributed by atoms with E-state index in [1.807, 2.05) is 0 Å². The number of rotatable bonds is 4. The highest BCUT2D eigenvalue weighted by atomic mass is 32.1. The van der Waals surface area contributed by atoms with E-state index in [4.69, 9.17) is 5.11 Å². The molecule has 4 rings (SSSR count). The number of thiazole rings is 1. The molecule has 1 N–H and O–H groups in total. The summed E-state index contributed by atoms with van der Waals surface area (Å²) in [6.45, 7) is 0. The Balaban J connectivity index is 1.76. The number of carboxylic acids is 1. The van der Waals surface area contributed by atoms with Gasteiger partial charge in [-0.15, -0.1) is 11.3 Å². The summed E-state index contributed by atoms with van der Waals surface area (Å²) in [5.74, 6) is 0.478. The number of aromatic nitrogens is 1. The Morgan fingerprint density at radius 1 is 1.10 bits per heavy atom. The van der Waals surface area contributed by atoms with Crippen LogP contribution < -0.4 is 0 Å². The number of aromatic carboxylic acids is 1. The number of carboxylic acid groups (broad SMARTS) is 1. The van der Waals surface area contributed by atoms with E-state index in [-0.39, 0.29) is 5.69 Å². The van der Waals surface area contributed by atoms with Gasteiger partial charge in [0.15, 0.2) is 5.69 Å². The van der Waals surface area contributed by atoms with Crippen molar-refractivity contribution in [1.29, 1.82) is 0 Å². The van der Waals surface area contributed by atoms with Gasteiger partial charge in [0.2, 0.25) is 0 Å². The molecule has 2 aromatic rings. The lowest BCUT2D eigenvalue weighted by Gasteiger charge is -2.07. The van der Waals surface area contributed by atoms with Crippen molar-refractivity contribution in [2.75, 3.05) is 0 Å². The van der Waals surface area contributed by atoms with Gasteiger partial charge in [0, 0.05) is 10.9 Å². The van der Waals surface area contributed by atoms with Gasteiger partial charge in [0.05, 0.1) is 0 Å². The van der Waals surface area contributed by atoms with Gasteiger partial charge < -0.3 is 5.11 Å². The third kappa shape index (κ3) is 2.24. The summed E-state index contributed by atoms with van der Waals surface area (Å²) in [7, 11) is 0. The Hall–Kier alpha value is -1.68. The molecule has 2 saturated carbocycles. The highest BCUT2D eigenvalue weighted by Gasteiger charge is 2.29. The van der Waals surface area contributed by atoms with Gasteiger partial charge >= 0.3 is 5.97 Å². The van der Waals surface area contributed by atoms with E-state index in [9.17, 15) is 4.79 Å². The zero-order valence-electron chi connectivity index (χ0n) is 11.0. The Bertz CT molecular complexity index is 653. The van der Waals surface area contributed by atoms with Gasteiger partial charge in [-0.2, -0.15) is 0 Å². The third-order valence-electron chi connectivity index (χ3n) is 4.05. The van der Waals surface area contributed by atoms with Crippen molar-refractivity contribution in [2.24, 2.45) is 0 Å². The van der Waals surface area contributed by atoms with Crippen molar-refractivity contribution in [3.05, 3.63) is 40.4 Å². The molecule has 0 aliphatic heterocycles. The quantitative estimate of drug-likeness (QED) is 0.913. The molecule has 0 bridgehead atoms. The Morgan fingerprint density at radius 2 is 1.70 bits per heavy atom. The minimum Gasteiger partial charge on any atom is -0.476 e. The predicted octanol–water partition coefficient (Wildman–Crippen LogP) is 4.26. The van der Waals surface area contributed by atoms with Gasteiger partial charge in [-0.1, -0.05) is 6.07 Å². The molecule has 102 valence electrons. The van der Waals surface area contributed by atoms with E-state index < -0.39 is 5.97 Å². The van der Waals surface area contributed by atoms with E-state index in [1.54, 1.807) is 5.38 Å². The van der Waals surface area contributed by atoms with Crippen molar-refractivity contribution in [2.45, 2.75) is 37.5 Å². The normalized spacial score (nSPS) is 18.2. The van der Waals surface area contributed by atoms with Crippen LogP contribution in [0.1, 0.15) is 59.1 Å². The Morgan fingerprint density at radius 3 is 2.15 bits per heavy atom. The topological polar surface area (TPSA) is 50.2 Å². The number of benzene rings is 1. The van der Waals surface area contributed by atoms with E-state index >= 15 is 0 Å². The van der Waals surface area contributed by atoms with Crippen LogP contribution in [0.25, 0.3) is 10.6 Å². The van der Waals surface area contributed by atoms with Gasteiger partial charge in [0.25, 0.3) is 0 Å². The molecule has 2 aliphatic rings. The van der Waals surface area contributed by atoms with E-state index in [2.05, 4.69) is 23.2 Å². The van der Waals surface area contributed by atoms with Crippen LogP contribution in [0.5, 0.6) is 0 Å². The standard InChI is InChI=1S/C16H15NO2S/c18-16(19)14-8-20-15(17-14)13-6-11(9-1-2-9)5-12(7-13)10-3-4-10/h5-10H,1-4H2,(H,18,19). The molecule has 20 heavy (non-hydrogen) atoms. The molecule has 1 aromatic carbocycles. The van der Waals surface area contributed by atoms with Gasteiger partial charge in [-0.25, -0.2) is 9.78 Å². The first kappa shape index (κ1) is 12.1. The van der Waals surface area contributed by atoms with Crippen LogP contribution in [0.2, 0.25) is 0 Å². The predicted molar refractivity (Wildman–Crippen MR) is 78.5 cm³/mol. The Kier molecular flexibility index (Phi) is 2.67. The first-order chi connectivity index (χ1) is 9.70. The smallest absolute Gasteiger partial charge is 0.355 e. The van der Waals surface area contributed by atoms with Crippen LogP contribution >= 0.6 is 11.3 Å². The van der Waals surface area contributed by atoms with Gasteiger partial charge in [-0.05, 0) is 60.8 Å². The second kappa shape index (κ2) is 4.42. The highest BCUT2D eigenvalue weighted by Crippen LogP contribution is 2.46. The second-order valence-electron chi connectivity index (χ2n) is 5.78. The van der Waals surface area contributed by atoms with Crippen molar-refractivity contribution in [3.63, 3.8) is 0 Å². The molecule has 0 spiro atoms. The molecule has 0 radical (unpaired) electrons. The molecule has 0 amide bonds. The van der Waals surface area contributed by atoms with Crippen molar-refractivity contribution in [3.8, 4) is 10.6 Å². The summed E-state index contributed by atoms with van der Waals surface area (Å²) in [5.41, 5.74) is 4.07. The fourth-order valence-electron chi connectivity index (χ4n) is 2.61. The zero-order valence-corrected chi connectivity index (χ0v) is 11.8. The summed E-state index contributed by atoms with van der Waals surface area (Å²) in [4.78, 5) is 15.2. The van der Waals surface area contributed by atoms with Gasteiger partial charge in [0.1, 0.15) is 5.01 Å². The number of hydrogen-bond donors (Lipinski definition) is 1. The third-order valence-corrected chi connectivity index (χ3v) is 4.94. The summed E-state index contributed by atoms with van der Waals surface area (Å²) >= 11 is 1.42. The van der Waals surface area contributed by atoms with E-state index in [0.717, 1.165) is 10.6 Å². The molecule has 0 saturated heterocycles. The first-order valence-electron chi connectivity index (χ1n) is 7.05. The van der Waals surface area contributed by atoms with E-state index in [0.29, 0.717) is 11.8 Å². The Labute approximate surface area is 121 Å². The maximum atomic E-state index is 11.0. The lowest BCUT2D eigenvalue weighted by atomic mass is 10.00. The molecular formula is C16H15NO2S. The monoisotopic (exact) mass is 285 g/mol. The highest BCUT2D eigenvalue weighted by molar-refractivity contribution is 7.13. The van der Waals surface area contributed by atoms with Crippen molar-refractivity contribution < 1.29 is 9.90 Å². The SMILES string of the molecule is O=C(O)c1csc(-c2cc(C3CC3)cc(C3CC3)c2)n1. The molecule has 0 unspecified atom stereocenters. The maximum Gasteiger partial charge on any atom is 0.355 e. The van der Waals surface area contributed by atoms with Crippen LogP contribution in [-0.2, 0) is 0 Å². The lowest BCUT2D eigenvalue weighted by Crippen LogP contribution is -1.96. The van der Waals surface area contributed by atoms with Crippen LogP contribution in [0.4, 0.5) is 0 Å². The van der Waals surface area contributed by atoms with Crippen LogP contribution in [0, 0.1) is 0 Å². The summed E-state index contributed by atoms with van der Waals surface area (Å²) < 4.78 is 0. The summed E-state index contributed by atoms with van der Waals surface area (Å²) in [5, 5.41) is 11.4. The maximum absolute atomic E-state index is 11.0. The molecule has 1 aromatic heterocycles. The molecule has 2 fully saturated rings. The first-order valence-corrected chi connectivity index (χ1v) is 7.93. The van der Waals surface area contributed by atoms with Gasteiger partial charge in [-0.3, -0.25) is 0 Å². The minimum absolute atomic E-state index is 0.148. The molecule has 0 atom stereocenters. The minimum atomic E-state index is -0.951. The van der Waals surface area contributed by atoms with Crippen molar-refractivity contribution >= 4 is 17.3 Å². The second-order valence-corrected chi connectivity index (χ2v) is 6.64. The van der Waals surface area contributed by atoms with Crippen LogP contribution in [-0.4, -0.2) is 16.1 Å². The molecule has 2 aliphatic carbocycles. The average molecular weight is 285 g/mol. The lowest BCUT2D eigenvalue weighted by molar-refractivity contribution is 0.0691. The van der Waals surface area contributed by atoms with Crippen LogP contribution in [0.15, 0.2) is 23.6 Å². The molecule has 4 heteroatoms. The number of carbonyl (C=O) groups is 1. The number of nitrogens with zero attached hydrogens (tertiary/aromatic N) is 1. The summed E-state index contributed by atoms with van der Waals surface area (Å²) in [6, 6.07) is 6.76. The fraction of sp³-hybridized carbons (Fsp3) is 0.375. The summed E-state index contributed by atoms with van der Waals surface area (Å²) in [6.07, 6.45) is 5.13. The molecule has 1 heterocycles. The van der Waals surface area contributed by atoms with Crippen LogP contribution in [0.3, 0.4) is 0 Å².